The zero-order chi connectivity index (χ0) is 18.6. The van der Waals surface area contributed by atoms with Crippen molar-refractivity contribution >= 4 is 21.6 Å². The first-order valence-corrected chi connectivity index (χ1v) is 9.95. The lowest BCUT2D eigenvalue weighted by atomic mass is 9.98. The van der Waals surface area contributed by atoms with Crippen LogP contribution in [0.5, 0.6) is 5.75 Å². The van der Waals surface area contributed by atoms with Crippen LogP contribution >= 0.6 is 0 Å². The van der Waals surface area contributed by atoms with Crippen molar-refractivity contribution in [2.24, 2.45) is 5.92 Å². The van der Waals surface area contributed by atoms with E-state index in [9.17, 15) is 13.2 Å². The fourth-order valence-electron chi connectivity index (χ4n) is 3.06. The van der Waals surface area contributed by atoms with E-state index in [0.29, 0.717) is 30.8 Å². The second-order valence-corrected chi connectivity index (χ2v) is 8.17. The standard InChI is InChI=1S/C19H22N2O4S/c1-25-17-9-5-8-16(13-17)20-19(22)15-7-6-12-21(14-15)26(23,24)18-10-3-2-4-11-18/h2-5,8-11,13,15H,6-7,12,14H2,1H3,(H,20,22). The van der Waals surface area contributed by atoms with E-state index < -0.39 is 10.0 Å². The molecule has 1 amide bonds. The predicted octanol–water partition coefficient (Wildman–Crippen LogP) is 2.73. The van der Waals surface area contributed by atoms with Gasteiger partial charge in [0.2, 0.25) is 15.9 Å². The molecule has 0 bridgehead atoms. The summed E-state index contributed by atoms with van der Waals surface area (Å²) in [6.07, 6.45) is 1.32. The van der Waals surface area contributed by atoms with Gasteiger partial charge in [-0.2, -0.15) is 4.31 Å². The number of hydrogen-bond acceptors (Lipinski definition) is 4. The van der Waals surface area contributed by atoms with Gasteiger partial charge >= 0.3 is 0 Å². The number of amides is 1. The Balaban J connectivity index is 1.71. The van der Waals surface area contributed by atoms with E-state index in [4.69, 9.17) is 4.74 Å². The molecule has 1 aliphatic rings. The average molecular weight is 374 g/mol. The number of piperidine rings is 1. The number of ether oxygens (including phenoxy) is 1. The number of methoxy groups -OCH3 is 1. The van der Waals surface area contributed by atoms with Crippen LogP contribution in [-0.4, -0.2) is 38.8 Å². The maximum absolute atomic E-state index is 12.8. The van der Waals surface area contributed by atoms with E-state index in [1.54, 1.807) is 61.7 Å². The highest BCUT2D eigenvalue weighted by Gasteiger charge is 2.33. The molecule has 26 heavy (non-hydrogen) atoms. The Morgan fingerprint density at radius 2 is 1.92 bits per heavy atom. The van der Waals surface area contributed by atoms with Gasteiger partial charge in [0, 0.05) is 24.8 Å². The van der Waals surface area contributed by atoms with Crippen LogP contribution in [0.4, 0.5) is 5.69 Å². The minimum atomic E-state index is -3.58. The Hall–Kier alpha value is -2.38. The van der Waals surface area contributed by atoms with Gasteiger partial charge in [0.25, 0.3) is 0 Å². The maximum Gasteiger partial charge on any atom is 0.243 e. The minimum Gasteiger partial charge on any atom is -0.497 e. The normalized spacial score (nSPS) is 18.3. The number of nitrogens with one attached hydrogen (secondary N) is 1. The quantitative estimate of drug-likeness (QED) is 0.873. The molecule has 1 saturated heterocycles. The lowest BCUT2D eigenvalue weighted by Gasteiger charge is -2.31. The Kier molecular flexibility index (Phi) is 5.58. The number of nitrogens with zero attached hydrogens (tertiary/aromatic N) is 1. The van der Waals surface area contributed by atoms with Crippen LogP contribution in [0.3, 0.4) is 0 Å². The number of carbonyl (C=O) groups excluding carboxylic acids is 1. The third-order valence-electron chi connectivity index (χ3n) is 4.47. The fraction of sp³-hybridized carbons (Fsp3) is 0.316. The predicted molar refractivity (Wildman–Crippen MR) is 99.5 cm³/mol. The summed E-state index contributed by atoms with van der Waals surface area (Å²) < 4.78 is 32.1. The molecule has 1 fully saturated rings. The maximum atomic E-state index is 12.8. The molecule has 0 saturated carbocycles. The van der Waals surface area contributed by atoms with Gasteiger partial charge in [0.05, 0.1) is 17.9 Å². The third kappa shape index (κ3) is 4.05. The summed E-state index contributed by atoms with van der Waals surface area (Å²) in [7, 11) is -2.01. The molecule has 7 heteroatoms. The topological polar surface area (TPSA) is 75.7 Å². The van der Waals surface area contributed by atoms with Crippen molar-refractivity contribution in [1.82, 2.24) is 4.31 Å². The Morgan fingerprint density at radius 1 is 1.15 bits per heavy atom. The molecule has 0 aromatic heterocycles. The van der Waals surface area contributed by atoms with Crippen molar-refractivity contribution in [3.05, 3.63) is 54.6 Å². The first-order chi connectivity index (χ1) is 12.5. The second-order valence-electron chi connectivity index (χ2n) is 6.24. The molecule has 2 aromatic carbocycles. The van der Waals surface area contributed by atoms with E-state index in [-0.39, 0.29) is 23.3 Å². The number of sulfonamides is 1. The van der Waals surface area contributed by atoms with Crippen molar-refractivity contribution in [3.63, 3.8) is 0 Å². The number of anilines is 1. The summed E-state index contributed by atoms with van der Waals surface area (Å²) in [4.78, 5) is 12.9. The second kappa shape index (κ2) is 7.88. The molecular formula is C19H22N2O4S. The van der Waals surface area contributed by atoms with Crippen molar-refractivity contribution < 1.29 is 17.9 Å². The van der Waals surface area contributed by atoms with E-state index >= 15 is 0 Å². The van der Waals surface area contributed by atoms with Crippen molar-refractivity contribution in [1.29, 1.82) is 0 Å². The molecule has 2 aromatic rings. The summed E-state index contributed by atoms with van der Waals surface area (Å²) in [6.45, 7) is 0.618. The molecule has 0 aliphatic carbocycles. The van der Waals surface area contributed by atoms with Gasteiger partial charge in [0.1, 0.15) is 5.75 Å². The van der Waals surface area contributed by atoms with Gasteiger partial charge in [-0.25, -0.2) is 8.42 Å². The van der Waals surface area contributed by atoms with Crippen LogP contribution in [0.1, 0.15) is 12.8 Å². The molecule has 0 radical (unpaired) electrons. The third-order valence-corrected chi connectivity index (χ3v) is 6.35. The van der Waals surface area contributed by atoms with Gasteiger partial charge in [-0.1, -0.05) is 24.3 Å². The first kappa shape index (κ1) is 18.4. The lowest BCUT2D eigenvalue weighted by molar-refractivity contribution is -0.120. The number of hydrogen-bond donors (Lipinski definition) is 1. The molecule has 1 heterocycles. The minimum absolute atomic E-state index is 0.175. The zero-order valence-corrected chi connectivity index (χ0v) is 15.4. The number of rotatable bonds is 5. The SMILES string of the molecule is COc1cccc(NC(=O)C2CCCN(S(=O)(=O)c3ccccc3)C2)c1. The fourth-order valence-corrected chi connectivity index (χ4v) is 4.61. The van der Waals surface area contributed by atoms with Crippen LogP contribution < -0.4 is 10.1 Å². The van der Waals surface area contributed by atoms with Gasteiger partial charge < -0.3 is 10.1 Å². The van der Waals surface area contributed by atoms with E-state index in [1.807, 2.05) is 0 Å². The van der Waals surface area contributed by atoms with Crippen molar-refractivity contribution in [3.8, 4) is 5.75 Å². The number of benzene rings is 2. The average Bonchev–Trinajstić information content (AvgIpc) is 2.69. The lowest BCUT2D eigenvalue weighted by Crippen LogP contribution is -2.43. The van der Waals surface area contributed by atoms with Gasteiger partial charge in [-0.15, -0.1) is 0 Å². The Labute approximate surface area is 153 Å². The zero-order valence-electron chi connectivity index (χ0n) is 14.6. The summed E-state index contributed by atoms with van der Waals surface area (Å²) in [6, 6.07) is 15.4. The van der Waals surface area contributed by atoms with Crippen LogP contribution in [-0.2, 0) is 14.8 Å². The van der Waals surface area contributed by atoms with Crippen LogP contribution in [0.15, 0.2) is 59.5 Å². The number of carbonyl (C=O) groups is 1. The molecule has 1 atom stereocenters. The molecule has 3 rings (SSSR count). The Morgan fingerprint density at radius 3 is 2.65 bits per heavy atom. The molecule has 6 nitrogen and oxygen atoms in total. The van der Waals surface area contributed by atoms with Crippen molar-refractivity contribution in [2.45, 2.75) is 17.7 Å². The smallest absolute Gasteiger partial charge is 0.243 e. The van der Waals surface area contributed by atoms with Gasteiger partial charge in [-0.3, -0.25) is 4.79 Å². The van der Waals surface area contributed by atoms with Crippen LogP contribution in [0, 0.1) is 5.92 Å². The largest absolute Gasteiger partial charge is 0.497 e. The highest BCUT2D eigenvalue weighted by Crippen LogP contribution is 2.25. The van der Waals surface area contributed by atoms with Gasteiger partial charge in [-0.05, 0) is 37.1 Å². The van der Waals surface area contributed by atoms with Crippen molar-refractivity contribution in [2.75, 3.05) is 25.5 Å². The molecule has 1 unspecified atom stereocenters. The van der Waals surface area contributed by atoms with Crippen LogP contribution in [0.25, 0.3) is 0 Å². The molecule has 1 aliphatic heterocycles. The highest BCUT2D eigenvalue weighted by molar-refractivity contribution is 7.89. The summed E-state index contributed by atoms with van der Waals surface area (Å²) in [5, 5.41) is 2.86. The first-order valence-electron chi connectivity index (χ1n) is 8.51. The molecule has 0 spiro atoms. The summed E-state index contributed by atoms with van der Waals surface area (Å²) in [5.41, 5.74) is 0.636. The highest BCUT2D eigenvalue weighted by atomic mass is 32.2. The summed E-state index contributed by atoms with van der Waals surface area (Å²) in [5.74, 6) is 0.0966. The van der Waals surface area contributed by atoms with E-state index in [1.165, 1.54) is 4.31 Å². The van der Waals surface area contributed by atoms with E-state index in [2.05, 4.69) is 5.32 Å². The van der Waals surface area contributed by atoms with Gasteiger partial charge in [0.15, 0.2) is 0 Å². The van der Waals surface area contributed by atoms with Crippen LogP contribution in [0.2, 0.25) is 0 Å². The molecular weight excluding hydrogens is 352 g/mol. The Bertz CT molecular complexity index is 868. The van der Waals surface area contributed by atoms with E-state index in [0.717, 1.165) is 0 Å². The monoisotopic (exact) mass is 374 g/mol. The molecule has 138 valence electrons. The summed E-state index contributed by atoms with van der Waals surface area (Å²) >= 11 is 0. The molecule has 1 N–H and O–H groups in total.